The Bertz CT molecular complexity index is 333. The van der Waals surface area contributed by atoms with Gasteiger partial charge in [-0.15, -0.1) is 5.10 Å². The number of piperidine rings is 1. The Morgan fingerprint density at radius 2 is 2.44 bits per heavy atom. The first-order valence-corrected chi connectivity index (χ1v) is 5.98. The summed E-state index contributed by atoms with van der Waals surface area (Å²) in [7, 11) is 1.90. The smallest absolute Gasteiger partial charge is 0.0967 e. The lowest BCUT2D eigenvalue weighted by atomic mass is 9.92. The van der Waals surface area contributed by atoms with Gasteiger partial charge in [-0.1, -0.05) is 5.21 Å². The van der Waals surface area contributed by atoms with Crippen LogP contribution in [0.4, 0.5) is 0 Å². The minimum Gasteiger partial charge on any atom is -0.328 e. The SMILES string of the molecule is CC(N)C1CCCN(Cc2cn(C)nn2)C1. The van der Waals surface area contributed by atoms with Gasteiger partial charge in [0.2, 0.25) is 0 Å². The summed E-state index contributed by atoms with van der Waals surface area (Å²) in [5.41, 5.74) is 7.02. The number of aryl methyl sites for hydroxylation is 1. The molecule has 90 valence electrons. The highest BCUT2D eigenvalue weighted by Crippen LogP contribution is 2.19. The molecule has 5 heteroatoms. The van der Waals surface area contributed by atoms with E-state index in [9.17, 15) is 0 Å². The highest BCUT2D eigenvalue weighted by Gasteiger charge is 2.22. The molecule has 2 heterocycles. The van der Waals surface area contributed by atoms with Gasteiger partial charge in [-0.2, -0.15) is 0 Å². The molecule has 2 rings (SSSR count). The Hall–Kier alpha value is -0.940. The van der Waals surface area contributed by atoms with Gasteiger partial charge in [-0.3, -0.25) is 9.58 Å². The van der Waals surface area contributed by atoms with Crippen LogP contribution in [-0.2, 0) is 13.6 Å². The molecule has 0 saturated carbocycles. The Morgan fingerprint density at radius 1 is 1.62 bits per heavy atom. The number of hydrogen-bond donors (Lipinski definition) is 1. The summed E-state index contributed by atoms with van der Waals surface area (Å²) in [6.45, 7) is 5.25. The first kappa shape index (κ1) is 11.5. The van der Waals surface area contributed by atoms with Gasteiger partial charge in [0.25, 0.3) is 0 Å². The summed E-state index contributed by atoms with van der Waals surface area (Å²) in [5, 5.41) is 8.07. The molecular formula is C11H21N5. The van der Waals surface area contributed by atoms with Crippen molar-refractivity contribution in [3.8, 4) is 0 Å². The summed E-state index contributed by atoms with van der Waals surface area (Å²) in [4.78, 5) is 2.43. The molecular weight excluding hydrogens is 202 g/mol. The molecule has 1 saturated heterocycles. The normalized spacial score (nSPS) is 24.6. The third kappa shape index (κ3) is 2.80. The van der Waals surface area contributed by atoms with E-state index in [1.54, 1.807) is 4.68 Å². The Morgan fingerprint density at radius 3 is 3.06 bits per heavy atom. The second-order valence-electron chi connectivity index (χ2n) is 4.88. The average Bonchev–Trinajstić information content (AvgIpc) is 2.64. The van der Waals surface area contributed by atoms with Crippen LogP contribution in [0.5, 0.6) is 0 Å². The molecule has 0 aliphatic carbocycles. The van der Waals surface area contributed by atoms with Crippen molar-refractivity contribution in [2.75, 3.05) is 13.1 Å². The molecule has 2 unspecified atom stereocenters. The predicted molar refractivity (Wildman–Crippen MR) is 62.7 cm³/mol. The van der Waals surface area contributed by atoms with Crippen LogP contribution in [0, 0.1) is 5.92 Å². The van der Waals surface area contributed by atoms with Crippen molar-refractivity contribution >= 4 is 0 Å². The molecule has 1 aliphatic heterocycles. The molecule has 2 atom stereocenters. The molecule has 0 radical (unpaired) electrons. The number of nitrogens with zero attached hydrogens (tertiary/aromatic N) is 4. The van der Waals surface area contributed by atoms with E-state index in [0.717, 1.165) is 25.3 Å². The number of rotatable bonds is 3. The third-order valence-electron chi connectivity index (χ3n) is 3.32. The van der Waals surface area contributed by atoms with Crippen LogP contribution in [0.25, 0.3) is 0 Å². The van der Waals surface area contributed by atoms with E-state index in [2.05, 4.69) is 22.1 Å². The fraction of sp³-hybridized carbons (Fsp3) is 0.818. The number of nitrogens with two attached hydrogens (primary N) is 1. The van der Waals surface area contributed by atoms with E-state index in [4.69, 9.17) is 5.73 Å². The summed E-state index contributed by atoms with van der Waals surface area (Å²) in [6, 6.07) is 0.296. The fourth-order valence-corrected chi connectivity index (χ4v) is 2.36. The molecule has 1 fully saturated rings. The zero-order chi connectivity index (χ0) is 11.5. The molecule has 2 N–H and O–H groups in total. The van der Waals surface area contributed by atoms with Crippen LogP contribution in [-0.4, -0.2) is 39.0 Å². The maximum absolute atomic E-state index is 5.97. The number of aromatic nitrogens is 3. The lowest BCUT2D eigenvalue weighted by Gasteiger charge is -2.34. The summed E-state index contributed by atoms with van der Waals surface area (Å²) < 4.78 is 1.75. The van der Waals surface area contributed by atoms with Crippen molar-refractivity contribution in [2.45, 2.75) is 32.4 Å². The monoisotopic (exact) mass is 223 g/mol. The molecule has 0 spiro atoms. The predicted octanol–water partition coefficient (Wildman–Crippen LogP) is 0.374. The first-order chi connectivity index (χ1) is 7.65. The highest BCUT2D eigenvalue weighted by molar-refractivity contribution is 4.93. The zero-order valence-electron chi connectivity index (χ0n) is 10.1. The maximum atomic E-state index is 5.97. The largest absolute Gasteiger partial charge is 0.328 e. The van der Waals surface area contributed by atoms with Gasteiger partial charge in [0.15, 0.2) is 0 Å². The van der Waals surface area contributed by atoms with Gasteiger partial charge in [0.05, 0.1) is 5.69 Å². The van der Waals surface area contributed by atoms with Gasteiger partial charge in [0.1, 0.15) is 0 Å². The van der Waals surface area contributed by atoms with Crippen molar-refractivity contribution in [3.05, 3.63) is 11.9 Å². The van der Waals surface area contributed by atoms with Crippen molar-refractivity contribution in [3.63, 3.8) is 0 Å². The molecule has 5 nitrogen and oxygen atoms in total. The van der Waals surface area contributed by atoms with Crippen molar-refractivity contribution in [2.24, 2.45) is 18.7 Å². The Balaban J connectivity index is 1.90. The molecule has 0 aromatic carbocycles. The van der Waals surface area contributed by atoms with Crippen molar-refractivity contribution in [1.82, 2.24) is 19.9 Å². The second-order valence-corrected chi connectivity index (χ2v) is 4.88. The van der Waals surface area contributed by atoms with Gasteiger partial charge >= 0.3 is 0 Å². The molecule has 1 aromatic heterocycles. The van der Waals surface area contributed by atoms with E-state index in [1.807, 2.05) is 13.2 Å². The van der Waals surface area contributed by atoms with E-state index in [0.29, 0.717) is 12.0 Å². The number of hydrogen-bond acceptors (Lipinski definition) is 4. The summed E-state index contributed by atoms with van der Waals surface area (Å²) >= 11 is 0. The highest BCUT2D eigenvalue weighted by atomic mass is 15.4. The van der Waals surface area contributed by atoms with E-state index in [-0.39, 0.29) is 0 Å². The minimum atomic E-state index is 0.296. The fourth-order valence-electron chi connectivity index (χ4n) is 2.36. The van der Waals surface area contributed by atoms with Crippen molar-refractivity contribution in [1.29, 1.82) is 0 Å². The van der Waals surface area contributed by atoms with E-state index < -0.39 is 0 Å². The third-order valence-corrected chi connectivity index (χ3v) is 3.32. The Kier molecular flexibility index (Phi) is 3.56. The lowest BCUT2D eigenvalue weighted by Crippen LogP contribution is -2.41. The average molecular weight is 223 g/mol. The van der Waals surface area contributed by atoms with Gasteiger partial charge in [-0.25, -0.2) is 0 Å². The summed E-state index contributed by atoms with van der Waals surface area (Å²) in [5.74, 6) is 0.630. The first-order valence-electron chi connectivity index (χ1n) is 5.98. The lowest BCUT2D eigenvalue weighted by molar-refractivity contribution is 0.153. The standard InChI is InChI=1S/C11H21N5/c1-9(12)10-4-3-5-16(6-10)8-11-7-15(2)14-13-11/h7,9-10H,3-6,8,12H2,1-2H3. The van der Waals surface area contributed by atoms with E-state index >= 15 is 0 Å². The van der Waals surface area contributed by atoms with Crippen LogP contribution >= 0.6 is 0 Å². The molecule has 16 heavy (non-hydrogen) atoms. The van der Waals surface area contributed by atoms with Crippen LogP contribution in [0.15, 0.2) is 6.20 Å². The maximum Gasteiger partial charge on any atom is 0.0967 e. The molecule has 1 aromatic rings. The summed E-state index contributed by atoms with van der Waals surface area (Å²) in [6.07, 6.45) is 4.48. The van der Waals surface area contributed by atoms with Gasteiger partial charge in [0, 0.05) is 32.4 Å². The van der Waals surface area contributed by atoms with Gasteiger partial charge in [-0.05, 0) is 32.2 Å². The second kappa shape index (κ2) is 4.93. The van der Waals surface area contributed by atoms with Crippen LogP contribution < -0.4 is 5.73 Å². The molecule has 0 bridgehead atoms. The number of likely N-dealkylation sites (tertiary alicyclic amines) is 1. The van der Waals surface area contributed by atoms with Crippen LogP contribution in [0.2, 0.25) is 0 Å². The Labute approximate surface area is 96.6 Å². The van der Waals surface area contributed by atoms with Crippen LogP contribution in [0.1, 0.15) is 25.5 Å². The molecule has 1 aliphatic rings. The van der Waals surface area contributed by atoms with Crippen molar-refractivity contribution < 1.29 is 0 Å². The van der Waals surface area contributed by atoms with Gasteiger partial charge < -0.3 is 5.73 Å². The quantitative estimate of drug-likeness (QED) is 0.804. The van der Waals surface area contributed by atoms with E-state index in [1.165, 1.54) is 12.8 Å². The molecule has 0 amide bonds. The van der Waals surface area contributed by atoms with Crippen LogP contribution in [0.3, 0.4) is 0 Å². The zero-order valence-corrected chi connectivity index (χ0v) is 10.1. The topological polar surface area (TPSA) is 60.0 Å². The minimum absolute atomic E-state index is 0.296.